The molecule has 0 aromatic carbocycles. The van der Waals surface area contributed by atoms with Crippen LogP contribution in [-0.2, 0) is 18.4 Å². The molecule has 1 rings (SSSR count). The van der Waals surface area contributed by atoms with Gasteiger partial charge in [0.2, 0.25) is 5.91 Å². The van der Waals surface area contributed by atoms with Gasteiger partial charge in [0, 0.05) is 0 Å². The van der Waals surface area contributed by atoms with E-state index in [-0.39, 0.29) is 6.42 Å². The second kappa shape index (κ2) is 42.5. The van der Waals surface area contributed by atoms with Crippen molar-refractivity contribution in [3.63, 3.8) is 0 Å². The normalized spacial score (nSPS) is 22.4. The minimum absolute atomic E-state index is 0.248. The molecule has 67 heavy (non-hydrogen) atoms. The van der Waals surface area contributed by atoms with Crippen molar-refractivity contribution >= 4 is 13.7 Å². The maximum absolute atomic E-state index is 13.1. The van der Waals surface area contributed by atoms with Crippen LogP contribution in [0.15, 0.2) is 24.3 Å². The molecule has 0 spiro atoms. The molecule has 1 fully saturated rings. The van der Waals surface area contributed by atoms with Crippen molar-refractivity contribution in [3.05, 3.63) is 24.3 Å². The van der Waals surface area contributed by atoms with Crippen LogP contribution >= 0.6 is 7.82 Å². The summed E-state index contributed by atoms with van der Waals surface area (Å²) in [5, 5.41) is 74.7. The van der Waals surface area contributed by atoms with Gasteiger partial charge in [0.25, 0.3) is 0 Å². The Balaban J connectivity index is 2.47. The predicted molar refractivity (Wildman–Crippen MR) is 270 cm³/mol. The fourth-order valence-corrected chi connectivity index (χ4v) is 9.81. The lowest BCUT2D eigenvalue weighted by Gasteiger charge is -2.41. The van der Waals surface area contributed by atoms with Gasteiger partial charge >= 0.3 is 7.82 Å². The fourth-order valence-electron chi connectivity index (χ4n) is 8.85. The van der Waals surface area contributed by atoms with E-state index in [1.165, 1.54) is 173 Å². The molecular formula is C53H102NO12P. The van der Waals surface area contributed by atoms with Crippen LogP contribution in [0.3, 0.4) is 0 Å². The number of hydrogen-bond acceptors (Lipinski definition) is 11. The first-order valence-electron chi connectivity index (χ1n) is 27.4. The summed E-state index contributed by atoms with van der Waals surface area (Å²) in [5.74, 6) is -0.598. The quantitative estimate of drug-likeness (QED) is 0.0158. The van der Waals surface area contributed by atoms with E-state index in [0.29, 0.717) is 12.8 Å². The lowest BCUT2D eigenvalue weighted by atomic mass is 9.85. The monoisotopic (exact) mass is 976 g/mol. The van der Waals surface area contributed by atoms with Crippen molar-refractivity contribution in [2.45, 2.75) is 300 Å². The third-order valence-electron chi connectivity index (χ3n) is 13.3. The zero-order chi connectivity index (χ0) is 49.4. The number of phosphoric ester groups is 1. The van der Waals surface area contributed by atoms with Crippen LogP contribution in [-0.4, -0.2) is 108 Å². The van der Waals surface area contributed by atoms with E-state index < -0.39 is 75.2 Å². The minimum atomic E-state index is -5.15. The van der Waals surface area contributed by atoms with Gasteiger partial charge in [-0.3, -0.25) is 13.8 Å². The highest BCUT2D eigenvalue weighted by molar-refractivity contribution is 7.47. The van der Waals surface area contributed by atoms with Gasteiger partial charge < -0.3 is 46.0 Å². The average molecular weight is 976 g/mol. The van der Waals surface area contributed by atoms with Crippen LogP contribution < -0.4 is 5.32 Å². The molecule has 0 aromatic rings. The summed E-state index contributed by atoms with van der Waals surface area (Å²) in [4.78, 5) is 23.5. The van der Waals surface area contributed by atoms with E-state index in [4.69, 9.17) is 9.05 Å². The molecule has 0 heterocycles. The highest BCUT2D eigenvalue weighted by Gasteiger charge is 2.51. The van der Waals surface area contributed by atoms with Crippen molar-refractivity contribution in [2.75, 3.05) is 6.61 Å². The highest BCUT2D eigenvalue weighted by atomic mass is 31.2. The molecular weight excluding hydrogens is 874 g/mol. The molecule has 1 aliphatic carbocycles. The number of nitrogens with one attached hydrogen (secondary N) is 1. The lowest BCUT2D eigenvalue weighted by molar-refractivity contribution is -0.220. The molecule has 1 saturated carbocycles. The van der Waals surface area contributed by atoms with Gasteiger partial charge in [-0.25, -0.2) is 4.57 Å². The topological polar surface area (TPSA) is 226 Å². The molecule has 1 aliphatic rings. The number of aliphatic hydroxyl groups excluding tert-OH is 7. The standard InChI is InChI=1S/C53H102NO12P/c1-3-5-7-9-11-13-15-17-19-21-22-23-25-27-29-31-33-35-37-39-41-46(56)45(43-65-67(63,64)66-53-51(61)49(59)48(58)50(60)52(53)62)54-47(57)42-44(55)40-38-36-34-32-30-28-26-24-20-18-16-14-12-10-8-6-4-2/h31,33,39,41,44-46,48-53,55-56,58-62H,3-30,32,34-38,40,42-43H2,1-2H3,(H,54,57)(H,63,64)/b33-31+,41-39+. The summed E-state index contributed by atoms with van der Waals surface area (Å²) in [6.45, 7) is 3.77. The Hall–Kier alpha value is -1.22. The summed E-state index contributed by atoms with van der Waals surface area (Å²) in [5.41, 5.74) is 0. The Kier molecular flexibility index (Phi) is 40.4. The summed E-state index contributed by atoms with van der Waals surface area (Å²) < 4.78 is 23.0. The van der Waals surface area contributed by atoms with Gasteiger partial charge in [0.05, 0.1) is 31.3 Å². The van der Waals surface area contributed by atoms with Crippen LogP contribution in [0.5, 0.6) is 0 Å². The average Bonchev–Trinajstić information content (AvgIpc) is 3.30. The van der Waals surface area contributed by atoms with Crippen LogP contribution in [0, 0.1) is 0 Å². The summed E-state index contributed by atoms with van der Waals surface area (Å²) in [7, 11) is -5.15. The van der Waals surface area contributed by atoms with Crippen molar-refractivity contribution in [3.8, 4) is 0 Å². The number of aliphatic hydroxyl groups is 7. The number of carbonyl (C=O) groups excluding carboxylic acids is 1. The Labute approximate surface area is 407 Å². The second-order valence-electron chi connectivity index (χ2n) is 19.6. The number of rotatable bonds is 46. The smallest absolute Gasteiger partial charge is 0.393 e. The van der Waals surface area contributed by atoms with E-state index >= 15 is 0 Å². The zero-order valence-electron chi connectivity index (χ0n) is 42.3. The number of unbranched alkanes of at least 4 members (excludes halogenated alkanes) is 31. The van der Waals surface area contributed by atoms with E-state index in [0.717, 1.165) is 44.9 Å². The summed E-state index contributed by atoms with van der Waals surface area (Å²) in [6, 6.07) is -1.25. The van der Waals surface area contributed by atoms with Crippen molar-refractivity contribution in [2.24, 2.45) is 0 Å². The molecule has 8 atom stereocenters. The van der Waals surface area contributed by atoms with Crippen LogP contribution in [0.4, 0.5) is 0 Å². The van der Waals surface area contributed by atoms with Gasteiger partial charge in [-0.2, -0.15) is 0 Å². The Bertz CT molecular complexity index is 1240. The third-order valence-corrected chi connectivity index (χ3v) is 14.3. The van der Waals surface area contributed by atoms with Crippen molar-refractivity contribution in [1.29, 1.82) is 0 Å². The Morgan fingerprint density at radius 2 is 0.881 bits per heavy atom. The van der Waals surface area contributed by atoms with Gasteiger partial charge in [-0.1, -0.05) is 231 Å². The molecule has 1 amide bonds. The van der Waals surface area contributed by atoms with E-state index in [1.54, 1.807) is 6.08 Å². The molecule has 13 nitrogen and oxygen atoms in total. The number of hydrogen-bond donors (Lipinski definition) is 9. The highest BCUT2D eigenvalue weighted by Crippen LogP contribution is 2.47. The van der Waals surface area contributed by atoms with Gasteiger partial charge in [-0.15, -0.1) is 0 Å². The first-order chi connectivity index (χ1) is 32.3. The first kappa shape index (κ1) is 63.8. The number of phosphoric acid groups is 1. The fraction of sp³-hybridized carbons (Fsp3) is 0.906. The lowest BCUT2D eigenvalue weighted by Crippen LogP contribution is -2.64. The molecule has 9 N–H and O–H groups in total. The van der Waals surface area contributed by atoms with E-state index in [1.807, 2.05) is 0 Å². The van der Waals surface area contributed by atoms with Crippen LogP contribution in [0.2, 0.25) is 0 Å². The Morgan fingerprint density at radius 3 is 1.31 bits per heavy atom. The number of allylic oxidation sites excluding steroid dienone is 3. The predicted octanol–water partition coefficient (Wildman–Crippen LogP) is 10.7. The molecule has 0 saturated heterocycles. The van der Waals surface area contributed by atoms with Crippen molar-refractivity contribution in [1.82, 2.24) is 5.32 Å². The first-order valence-corrected chi connectivity index (χ1v) is 28.9. The molecule has 8 unspecified atom stereocenters. The molecule has 0 radical (unpaired) electrons. The minimum Gasteiger partial charge on any atom is -0.393 e. The van der Waals surface area contributed by atoms with Crippen LogP contribution in [0.25, 0.3) is 0 Å². The van der Waals surface area contributed by atoms with Crippen molar-refractivity contribution < 1.29 is 59.0 Å². The van der Waals surface area contributed by atoms with E-state index in [9.17, 15) is 50.0 Å². The molecule has 0 aromatic heterocycles. The zero-order valence-corrected chi connectivity index (χ0v) is 43.2. The van der Waals surface area contributed by atoms with E-state index in [2.05, 4.69) is 31.3 Å². The molecule has 0 aliphatic heterocycles. The second-order valence-corrected chi connectivity index (χ2v) is 21.0. The van der Waals surface area contributed by atoms with Crippen LogP contribution in [0.1, 0.15) is 245 Å². The van der Waals surface area contributed by atoms with Gasteiger partial charge in [0.1, 0.15) is 36.6 Å². The molecule has 396 valence electrons. The number of amides is 1. The summed E-state index contributed by atoms with van der Waals surface area (Å²) >= 11 is 0. The largest absolute Gasteiger partial charge is 0.472 e. The van der Waals surface area contributed by atoms with Gasteiger partial charge in [-0.05, 0) is 32.1 Å². The summed E-state index contributed by atoms with van der Waals surface area (Å²) in [6.07, 6.45) is 35.5. The molecule has 0 bridgehead atoms. The maximum Gasteiger partial charge on any atom is 0.472 e. The number of carbonyl (C=O) groups is 1. The van der Waals surface area contributed by atoms with Gasteiger partial charge in [0.15, 0.2) is 0 Å². The molecule has 14 heteroatoms. The Morgan fingerprint density at radius 1 is 0.522 bits per heavy atom. The SMILES string of the molecule is CCCCCCCCCCCCCCCC/C=C/CC/C=C/C(O)C(COP(=O)(O)OC1C(O)C(O)C(O)C(O)C1O)NC(=O)CC(O)CCCCCCCCCCCCCCCCCCC. The maximum atomic E-state index is 13.1. The third kappa shape index (κ3) is 33.9.